The maximum atomic E-state index is 11.0. The molecule has 0 aromatic rings. The maximum absolute atomic E-state index is 11.0. The van der Waals surface area contributed by atoms with Crippen molar-refractivity contribution in [1.82, 2.24) is 0 Å². The molecule has 5 aliphatic rings. The third-order valence-corrected chi connectivity index (χ3v) is 12.2. The third kappa shape index (κ3) is 3.65. The lowest BCUT2D eigenvalue weighted by Gasteiger charge is -2.59. The summed E-state index contributed by atoms with van der Waals surface area (Å²) in [4.78, 5) is 0. The Labute approximate surface area is 197 Å². The lowest BCUT2D eigenvalue weighted by atomic mass is 9.46. The van der Waals surface area contributed by atoms with Gasteiger partial charge < -0.3 is 10.2 Å². The van der Waals surface area contributed by atoms with Gasteiger partial charge in [0.2, 0.25) is 0 Å². The molecule has 2 N–H and O–H groups in total. The standard InChI is InChI=1S/C30H50O2/c1-6-30(32)18-17-27(3)22(19-30)9-10-23-25-12-11-24(28(25,4)15-14-26(23)27)20(2)13-16-29(5,31)21-7-8-21/h9,20-21,23-26,31-32H,6-8,10-19H2,1-5H3/t20-,23+,24-,25+,26+,27+,28-,29?,30+/m1/s1. The molecule has 4 fully saturated rings. The fourth-order valence-electron chi connectivity index (χ4n) is 9.62. The van der Waals surface area contributed by atoms with Gasteiger partial charge in [-0.25, -0.2) is 0 Å². The summed E-state index contributed by atoms with van der Waals surface area (Å²) < 4.78 is 0. The predicted molar refractivity (Wildman–Crippen MR) is 132 cm³/mol. The summed E-state index contributed by atoms with van der Waals surface area (Å²) in [5, 5.41) is 21.9. The lowest BCUT2D eigenvalue weighted by Crippen LogP contribution is -2.52. The van der Waals surface area contributed by atoms with E-state index in [1.165, 1.54) is 57.8 Å². The molecule has 5 aliphatic carbocycles. The van der Waals surface area contributed by atoms with Gasteiger partial charge >= 0.3 is 0 Å². The molecular weight excluding hydrogens is 392 g/mol. The van der Waals surface area contributed by atoms with Gasteiger partial charge in [0.1, 0.15) is 0 Å². The minimum atomic E-state index is -0.448. The molecule has 182 valence electrons. The Morgan fingerprint density at radius 3 is 2.50 bits per heavy atom. The van der Waals surface area contributed by atoms with Crippen LogP contribution in [0.3, 0.4) is 0 Å². The Morgan fingerprint density at radius 1 is 1.06 bits per heavy atom. The van der Waals surface area contributed by atoms with E-state index >= 15 is 0 Å². The van der Waals surface area contributed by atoms with Gasteiger partial charge in [-0.05, 0) is 137 Å². The normalized spacial score (nSPS) is 48.8. The van der Waals surface area contributed by atoms with Crippen molar-refractivity contribution in [2.45, 2.75) is 129 Å². The van der Waals surface area contributed by atoms with Crippen molar-refractivity contribution in [2.75, 3.05) is 0 Å². The van der Waals surface area contributed by atoms with Crippen LogP contribution in [0.4, 0.5) is 0 Å². The van der Waals surface area contributed by atoms with Crippen molar-refractivity contribution in [3.8, 4) is 0 Å². The van der Waals surface area contributed by atoms with Gasteiger partial charge in [-0.2, -0.15) is 0 Å². The molecule has 32 heavy (non-hydrogen) atoms. The summed E-state index contributed by atoms with van der Waals surface area (Å²) in [6.07, 6.45) is 18.1. The van der Waals surface area contributed by atoms with E-state index in [9.17, 15) is 10.2 Å². The number of hydrogen-bond donors (Lipinski definition) is 2. The first-order valence-electron chi connectivity index (χ1n) is 14.2. The molecule has 9 atom stereocenters. The molecule has 0 heterocycles. The highest BCUT2D eigenvalue weighted by Gasteiger charge is 2.60. The van der Waals surface area contributed by atoms with Crippen molar-refractivity contribution < 1.29 is 10.2 Å². The second-order valence-corrected chi connectivity index (χ2v) is 13.9. The SMILES string of the molecule is CC[C@]1(O)CC[C@@]2(C)C(=CC[C@H]3[C@@H]4CC[C@H]([C@H](C)CCC(C)(O)C5CC5)[C@@]4(C)CC[C@@H]32)C1. The van der Waals surface area contributed by atoms with Gasteiger partial charge in [-0.1, -0.05) is 39.3 Å². The molecular formula is C30H50O2. The highest BCUT2D eigenvalue weighted by atomic mass is 16.3. The smallest absolute Gasteiger partial charge is 0.0682 e. The lowest BCUT2D eigenvalue weighted by molar-refractivity contribution is -0.0764. The summed E-state index contributed by atoms with van der Waals surface area (Å²) >= 11 is 0. The minimum absolute atomic E-state index is 0.332. The van der Waals surface area contributed by atoms with Gasteiger partial charge in [0, 0.05) is 0 Å². The average Bonchev–Trinajstić information content (AvgIpc) is 3.55. The first-order valence-corrected chi connectivity index (χ1v) is 14.2. The topological polar surface area (TPSA) is 40.5 Å². The van der Waals surface area contributed by atoms with Crippen LogP contribution in [-0.4, -0.2) is 21.4 Å². The summed E-state index contributed by atoms with van der Waals surface area (Å²) in [6.45, 7) is 12.0. The largest absolute Gasteiger partial charge is 0.390 e. The van der Waals surface area contributed by atoms with Gasteiger partial charge in [0.15, 0.2) is 0 Å². The predicted octanol–water partition coefficient (Wildman–Crippen LogP) is 7.28. The summed E-state index contributed by atoms with van der Waals surface area (Å²) in [5.74, 6) is 4.68. The van der Waals surface area contributed by atoms with Crippen LogP contribution in [0.15, 0.2) is 11.6 Å². The van der Waals surface area contributed by atoms with Crippen molar-refractivity contribution in [3.05, 3.63) is 11.6 Å². The molecule has 0 amide bonds. The molecule has 0 spiro atoms. The summed E-state index contributed by atoms with van der Waals surface area (Å²) in [6, 6.07) is 0. The van der Waals surface area contributed by atoms with E-state index in [4.69, 9.17) is 0 Å². The number of allylic oxidation sites excluding steroid dienone is 1. The van der Waals surface area contributed by atoms with Crippen molar-refractivity contribution in [3.63, 3.8) is 0 Å². The molecule has 0 aliphatic heterocycles. The second-order valence-electron chi connectivity index (χ2n) is 13.9. The third-order valence-electron chi connectivity index (χ3n) is 12.2. The Kier molecular flexibility index (Phi) is 5.73. The number of hydrogen-bond acceptors (Lipinski definition) is 2. The van der Waals surface area contributed by atoms with E-state index in [0.29, 0.717) is 16.7 Å². The molecule has 0 bridgehead atoms. The van der Waals surface area contributed by atoms with Gasteiger partial charge in [-0.15, -0.1) is 0 Å². The Hall–Kier alpha value is -0.340. The van der Waals surface area contributed by atoms with E-state index in [2.05, 4.69) is 40.7 Å². The van der Waals surface area contributed by atoms with Crippen LogP contribution in [0.2, 0.25) is 0 Å². The van der Waals surface area contributed by atoms with Crippen LogP contribution in [0.25, 0.3) is 0 Å². The molecule has 1 unspecified atom stereocenters. The van der Waals surface area contributed by atoms with E-state index in [-0.39, 0.29) is 0 Å². The van der Waals surface area contributed by atoms with Crippen LogP contribution < -0.4 is 0 Å². The fourth-order valence-corrected chi connectivity index (χ4v) is 9.62. The van der Waals surface area contributed by atoms with Crippen molar-refractivity contribution in [1.29, 1.82) is 0 Å². The second kappa shape index (κ2) is 7.84. The zero-order chi connectivity index (χ0) is 22.9. The molecule has 0 aromatic carbocycles. The highest BCUT2D eigenvalue weighted by Crippen LogP contribution is 2.68. The van der Waals surface area contributed by atoms with Crippen LogP contribution >= 0.6 is 0 Å². The highest BCUT2D eigenvalue weighted by molar-refractivity contribution is 5.27. The molecule has 2 nitrogen and oxygen atoms in total. The number of fused-ring (bicyclic) bond motifs is 5. The first kappa shape index (κ1) is 23.4. The van der Waals surface area contributed by atoms with Gasteiger partial charge in [0.25, 0.3) is 0 Å². The minimum Gasteiger partial charge on any atom is -0.390 e. The molecule has 0 radical (unpaired) electrons. The average molecular weight is 443 g/mol. The zero-order valence-electron chi connectivity index (χ0n) is 21.6. The number of rotatable bonds is 6. The van der Waals surface area contributed by atoms with E-state index in [1.54, 1.807) is 5.57 Å². The van der Waals surface area contributed by atoms with E-state index in [0.717, 1.165) is 55.3 Å². The monoisotopic (exact) mass is 442 g/mol. The van der Waals surface area contributed by atoms with Gasteiger partial charge in [-0.3, -0.25) is 0 Å². The zero-order valence-corrected chi connectivity index (χ0v) is 21.6. The molecule has 2 heteroatoms. The summed E-state index contributed by atoms with van der Waals surface area (Å²) in [7, 11) is 0. The molecule has 0 aromatic heterocycles. The van der Waals surface area contributed by atoms with Crippen LogP contribution in [0, 0.1) is 46.3 Å². The molecule has 0 saturated heterocycles. The van der Waals surface area contributed by atoms with E-state index in [1.807, 2.05) is 0 Å². The van der Waals surface area contributed by atoms with Crippen LogP contribution in [0.5, 0.6) is 0 Å². The summed E-state index contributed by atoms with van der Waals surface area (Å²) in [5.41, 5.74) is 1.55. The van der Waals surface area contributed by atoms with Crippen molar-refractivity contribution >= 4 is 0 Å². The quantitative estimate of drug-likeness (QED) is 0.424. The Morgan fingerprint density at radius 2 is 1.81 bits per heavy atom. The first-order chi connectivity index (χ1) is 15.0. The van der Waals surface area contributed by atoms with Crippen LogP contribution in [0.1, 0.15) is 118 Å². The Bertz CT molecular complexity index is 750. The molecule has 5 rings (SSSR count). The van der Waals surface area contributed by atoms with Crippen LogP contribution in [-0.2, 0) is 0 Å². The number of aliphatic hydroxyl groups is 2. The van der Waals surface area contributed by atoms with E-state index < -0.39 is 11.2 Å². The van der Waals surface area contributed by atoms with Gasteiger partial charge in [0.05, 0.1) is 11.2 Å². The fraction of sp³-hybridized carbons (Fsp3) is 0.933. The van der Waals surface area contributed by atoms with Crippen molar-refractivity contribution in [2.24, 2.45) is 46.3 Å². The maximum Gasteiger partial charge on any atom is 0.0682 e. The molecule has 4 saturated carbocycles. The Balaban J connectivity index is 1.30.